The standard InChI is InChI=1S/C24H31N3O3/c1-16(2)20-7-6-18(4)21(13-20)30-15-23(28)27-11-9-19(10-12-27)24(29)26-22-8-5-17(3)14-25-22/h5-8,13-14,16,19H,9-12,15H2,1-4H3,(H,25,26,29). The van der Waals surface area contributed by atoms with E-state index in [0.29, 0.717) is 37.7 Å². The van der Waals surface area contributed by atoms with Crippen LogP contribution in [0, 0.1) is 19.8 Å². The summed E-state index contributed by atoms with van der Waals surface area (Å²) < 4.78 is 5.83. The Labute approximate surface area is 178 Å². The maximum atomic E-state index is 12.6. The molecule has 1 fully saturated rings. The maximum absolute atomic E-state index is 12.6. The van der Waals surface area contributed by atoms with Crippen LogP contribution in [0.2, 0.25) is 0 Å². The van der Waals surface area contributed by atoms with Gasteiger partial charge in [0.15, 0.2) is 6.61 Å². The summed E-state index contributed by atoms with van der Waals surface area (Å²) in [5, 5.41) is 2.87. The van der Waals surface area contributed by atoms with Gasteiger partial charge in [0, 0.05) is 25.2 Å². The number of pyridine rings is 1. The number of carbonyl (C=O) groups excluding carboxylic acids is 2. The molecule has 6 heteroatoms. The van der Waals surface area contributed by atoms with Crippen molar-refractivity contribution in [3.63, 3.8) is 0 Å². The molecule has 1 saturated heterocycles. The lowest BCUT2D eigenvalue weighted by Gasteiger charge is -2.31. The molecule has 0 aliphatic carbocycles. The summed E-state index contributed by atoms with van der Waals surface area (Å²) >= 11 is 0. The van der Waals surface area contributed by atoms with Crippen molar-refractivity contribution >= 4 is 17.6 Å². The molecule has 0 spiro atoms. The van der Waals surface area contributed by atoms with Crippen molar-refractivity contribution in [1.82, 2.24) is 9.88 Å². The highest BCUT2D eigenvalue weighted by atomic mass is 16.5. The summed E-state index contributed by atoms with van der Waals surface area (Å²) in [6, 6.07) is 9.86. The van der Waals surface area contributed by atoms with Gasteiger partial charge in [-0.3, -0.25) is 9.59 Å². The average molecular weight is 410 g/mol. The summed E-state index contributed by atoms with van der Waals surface area (Å²) in [5.74, 6) is 1.55. The van der Waals surface area contributed by atoms with Gasteiger partial charge in [-0.25, -0.2) is 4.98 Å². The van der Waals surface area contributed by atoms with Gasteiger partial charge in [-0.2, -0.15) is 0 Å². The Balaban J connectivity index is 1.47. The molecule has 3 rings (SSSR count). The van der Waals surface area contributed by atoms with Crippen LogP contribution in [0.15, 0.2) is 36.5 Å². The highest BCUT2D eigenvalue weighted by Crippen LogP contribution is 2.25. The van der Waals surface area contributed by atoms with E-state index in [0.717, 1.165) is 16.9 Å². The lowest BCUT2D eigenvalue weighted by atomic mass is 9.96. The monoisotopic (exact) mass is 409 g/mol. The summed E-state index contributed by atoms with van der Waals surface area (Å²) in [7, 11) is 0. The number of nitrogens with one attached hydrogen (secondary N) is 1. The third kappa shape index (κ3) is 5.59. The molecule has 160 valence electrons. The number of aromatic nitrogens is 1. The molecule has 30 heavy (non-hydrogen) atoms. The number of aryl methyl sites for hydroxylation is 2. The van der Waals surface area contributed by atoms with Crippen molar-refractivity contribution in [2.24, 2.45) is 5.92 Å². The molecule has 0 atom stereocenters. The molecule has 1 aromatic carbocycles. The molecule has 2 aromatic rings. The van der Waals surface area contributed by atoms with Crippen LogP contribution in [0.3, 0.4) is 0 Å². The highest BCUT2D eigenvalue weighted by Gasteiger charge is 2.27. The normalized spacial score (nSPS) is 14.6. The van der Waals surface area contributed by atoms with Crippen LogP contribution >= 0.6 is 0 Å². The summed E-state index contributed by atoms with van der Waals surface area (Å²) in [6.45, 7) is 9.35. The molecule has 1 N–H and O–H groups in total. The Bertz CT molecular complexity index is 885. The van der Waals surface area contributed by atoms with Crippen molar-refractivity contribution in [3.05, 3.63) is 53.2 Å². The fourth-order valence-corrected chi connectivity index (χ4v) is 3.52. The number of hydrogen-bond acceptors (Lipinski definition) is 4. The minimum Gasteiger partial charge on any atom is -0.483 e. The van der Waals surface area contributed by atoms with Crippen LogP contribution in [0.25, 0.3) is 0 Å². The van der Waals surface area contributed by atoms with Crippen LogP contribution in [-0.2, 0) is 9.59 Å². The first-order chi connectivity index (χ1) is 14.3. The Morgan fingerprint density at radius 2 is 1.90 bits per heavy atom. The first kappa shape index (κ1) is 21.8. The number of amides is 2. The van der Waals surface area contributed by atoms with Crippen LogP contribution < -0.4 is 10.1 Å². The van der Waals surface area contributed by atoms with Crippen molar-refractivity contribution < 1.29 is 14.3 Å². The average Bonchev–Trinajstić information content (AvgIpc) is 2.74. The van der Waals surface area contributed by atoms with E-state index < -0.39 is 0 Å². The van der Waals surface area contributed by atoms with E-state index in [4.69, 9.17) is 4.74 Å². The minimum atomic E-state index is -0.108. The predicted molar refractivity (Wildman–Crippen MR) is 118 cm³/mol. The second-order valence-corrected chi connectivity index (χ2v) is 8.33. The molecule has 0 radical (unpaired) electrons. The Morgan fingerprint density at radius 1 is 1.17 bits per heavy atom. The van der Waals surface area contributed by atoms with Crippen LogP contribution in [0.4, 0.5) is 5.82 Å². The van der Waals surface area contributed by atoms with E-state index in [9.17, 15) is 9.59 Å². The van der Waals surface area contributed by atoms with Crippen molar-refractivity contribution in [2.75, 3.05) is 25.0 Å². The minimum absolute atomic E-state index is 0.0204. The zero-order valence-corrected chi connectivity index (χ0v) is 18.3. The van der Waals surface area contributed by atoms with Gasteiger partial charge in [-0.15, -0.1) is 0 Å². The smallest absolute Gasteiger partial charge is 0.260 e. The van der Waals surface area contributed by atoms with Crippen molar-refractivity contribution in [1.29, 1.82) is 0 Å². The van der Waals surface area contributed by atoms with E-state index in [1.54, 1.807) is 17.2 Å². The van der Waals surface area contributed by atoms with E-state index in [2.05, 4.69) is 30.2 Å². The summed E-state index contributed by atoms with van der Waals surface area (Å²) in [6.07, 6.45) is 3.02. The quantitative estimate of drug-likeness (QED) is 0.780. The van der Waals surface area contributed by atoms with Crippen LogP contribution in [0.1, 0.15) is 49.3 Å². The van der Waals surface area contributed by atoms with Gasteiger partial charge >= 0.3 is 0 Å². The Hall–Kier alpha value is -2.89. The Morgan fingerprint density at radius 3 is 2.53 bits per heavy atom. The molecule has 1 aliphatic heterocycles. The van der Waals surface area contributed by atoms with Crippen molar-refractivity contribution in [3.8, 4) is 5.75 Å². The van der Waals surface area contributed by atoms with E-state index in [1.165, 1.54) is 5.56 Å². The molecular formula is C24H31N3O3. The SMILES string of the molecule is Cc1ccc(NC(=O)C2CCN(C(=O)COc3cc(C(C)C)ccc3C)CC2)nc1. The molecule has 2 heterocycles. The lowest BCUT2D eigenvalue weighted by Crippen LogP contribution is -2.43. The van der Waals surface area contributed by atoms with Crippen molar-refractivity contribution in [2.45, 2.75) is 46.5 Å². The molecule has 6 nitrogen and oxygen atoms in total. The first-order valence-corrected chi connectivity index (χ1v) is 10.6. The van der Waals surface area contributed by atoms with Gasteiger partial charge in [0.2, 0.25) is 5.91 Å². The van der Waals surface area contributed by atoms with Gasteiger partial charge < -0.3 is 15.0 Å². The second kappa shape index (κ2) is 9.74. The molecule has 0 bridgehead atoms. The van der Waals surface area contributed by atoms with E-state index in [-0.39, 0.29) is 24.3 Å². The highest BCUT2D eigenvalue weighted by molar-refractivity contribution is 5.91. The molecule has 1 aromatic heterocycles. The van der Waals surface area contributed by atoms with Gasteiger partial charge in [-0.1, -0.05) is 32.0 Å². The van der Waals surface area contributed by atoms with Gasteiger partial charge in [0.25, 0.3) is 5.91 Å². The van der Waals surface area contributed by atoms with E-state index in [1.807, 2.05) is 32.0 Å². The predicted octanol–water partition coefficient (Wildman–Crippen LogP) is 4.08. The molecule has 0 unspecified atom stereocenters. The van der Waals surface area contributed by atoms with Crippen LogP contribution in [-0.4, -0.2) is 41.4 Å². The third-order valence-electron chi connectivity index (χ3n) is 5.61. The largest absolute Gasteiger partial charge is 0.483 e. The fourth-order valence-electron chi connectivity index (χ4n) is 3.52. The Kier molecular flexibility index (Phi) is 7.08. The number of ether oxygens (including phenoxy) is 1. The number of likely N-dealkylation sites (tertiary alicyclic amines) is 1. The number of anilines is 1. The fraction of sp³-hybridized carbons (Fsp3) is 0.458. The second-order valence-electron chi connectivity index (χ2n) is 8.33. The zero-order chi connectivity index (χ0) is 21.7. The molecule has 2 amide bonds. The maximum Gasteiger partial charge on any atom is 0.260 e. The molecular weight excluding hydrogens is 378 g/mol. The number of rotatable bonds is 6. The summed E-state index contributed by atoms with van der Waals surface area (Å²) in [4.78, 5) is 31.1. The topological polar surface area (TPSA) is 71.5 Å². The number of benzene rings is 1. The third-order valence-corrected chi connectivity index (χ3v) is 5.61. The zero-order valence-electron chi connectivity index (χ0n) is 18.3. The number of hydrogen-bond donors (Lipinski definition) is 1. The molecule has 1 aliphatic rings. The van der Waals surface area contributed by atoms with Gasteiger partial charge in [0.05, 0.1) is 0 Å². The van der Waals surface area contributed by atoms with Gasteiger partial charge in [-0.05, 0) is 61.4 Å². The van der Waals surface area contributed by atoms with Gasteiger partial charge in [0.1, 0.15) is 11.6 Å². The lowest BCUT2D eigenvalue weighted by molar-refractivity contribution is -0.136. The summed E-state index contributed by atoms with van der Waals surface area (Å²) in [5.41, 5.74) is 3.26. The first-order valence-electron chi connectivity index (χ1n) is 10.6. The number of nitrogens with zero attached hydrogens (tertiary/aromatic N) is 2. The van der Waals surface area contributed by atoms with Crippen LogP contribution in [0.5, 0.6) is 5.75 Å². The number of piperidine rings is 1. The number of carbonyl (C=O) groups is 2. The molecule has 0 saturated carbocycles. The van der Waals surface area contributed by atoms with E-state index >= 15 is 0 Å².